The summed E-state index contributed by atoms with van der Waals surface area (Å²) >= 11 is 1.05. The average molecular weight is 820 g/mol. The van der Waals surface area contributed by atoms with E-state index in [2.05, 4.69) is 16.0 Å². The van der Waals surface area contributed by atoms with Crippen molar-refractivity contribution in [1.82, 2.24) is 14.6 Å². The molecule has 0 amide bonds. The van der Waals surface area contributed by atoms with Crippen LogP contribution in [-0.2, 0) is 40.0 Å². The van der Waals surface area contributed by atoms with Gasteiger partial charge in [0.15, 0.2) is 16.9 Å². The number of aromatic amines is 1. The van der Waals surface area contributed by atoms with Crippen LogP contribution >= 0.6 is 19.5 Å². The molecule has 300 valence electrons. The minimum atomic E-state index is -4.07. The van der Waals surface area contributed by atoms with Crippen molar-refractivity contribution in [2.75, 3.05) is 25.6 Å². The van der Waals surface area contributed by atoms with Gasteiger partial charge in [0.1, 0.15) is 12.2 Å². The molecule has 5 aromatic rings. The topological polar surface area (TPSA) is 138 Å². The number of carbonyl (C=O) groups is 1. The van der Waals surface area contributed by atoms with E-state index in [0.29, 0.717) is 5.56 Å². The Kier molecular flexibility index (Phi) is 13.7. The summed E-state index contributed by atoms with van der Waals surface area (Å²) in [6, 6.07) is 39.2. The van der Waals surface area contributed by atoms with Gasteiger partial charge in [-0.1, -0.05) is 139 Å². The van der Waals surface area contributed by atoms with Crippen LogP contribution in [0.5, 0.6) is 0 Å². The van der Waals surface area contributed by atoms with Gasteiger partial charge in [0.25, 0.3) is 5.56 Å². The van der Waals surface area contributed by atoms with Gasteiger partial charge in [0.2, 0.25) is 0 Å². The van der Waals surface area contributed by atoms with Crippen molar-refractivity contribution in [3.8, 4) is 12.3 Å². The van der Waals surface area contributed by atoms with Crippen LogP contribution in [-0.4, -0.2) is 45.8 Å². The molecule has 0 aliphatic carbocycles. The lowest BCUT2D eigenvalue weighted by atomic mass is 9.79. The fraction of sp³-hybridized carbons (Fsp3) is 0.267. The Morgan fingerprint density at radius 2 is 1.47 bits per heavy atom. The molecule has 0 radical (unpaired) electrons. The normalized spacial score (nSPS) is 17.7. The maximum absolute atomic E-state index is 14.2. The van der Waals surface area contributed by atoms with Crippen LogP contribution in [0, 0.1) is 24.7 Å². The Hall–Kier alpha value is -5.09. The number of H-pyrrole nitrogens is 1. The first-order valence-corrected chi connectivity index (χ1v) is 21.2. The minimum Gasteiger partial charge on any atom is -0.360 e. The molecule has 4 aromatic carbocycles. The number of aromatic nitrogens is 2. The summed E-state index contributed by atoms with van der Waals surface area (Å²) in [5, 5.41) is 2.76. The number of ether oxygens (including phenoxy) is 2. The van der Waals surface area contributed by atoms with Crippen LogP contribution in [0.1, 0.15) is 47.9 Å². The molecule has 6 rings (SSSR count). The van der Waals surface area contributed by atoms with E-state index < -0.39 is 48.4 Å². The quantitative estimate of drug-likeness (QED) is 0.0300. The predicted molar refractivity (Wildman–Crippen MR) is 226 cm³/mol. The van der Waals surface area contributed by atoms with Crippen molar-refractivity contribution in [1.29, 1.82) is 0 Å². The summed E-state index contributed by atoms with van der Waals surface area (Å²) in [5.74, 6) is 2.70. The standard InChI is InChI=1S/C45H46N3O8PS/c1-5-44(27-26-39(56-44)48-31-34(2)40(49)47-42(48)51)33-55-57(52,46-30-35-18-10-6-11-19-35)54-28-29-58-41(50)43(3,4)32-53-45(36-20-12-7-13-21-36,37-22-14-8-15-23-37)38-24-16-9-17-25-38/h1,6-27,31,39H,28-30,32-33H2,2-4H3,(H,46,52)(H,47,49,51)/t39-,44+,57?/m1/s1. The molecule has 1 unspecified atom stereocenters. The molecule has 2 N–H and O–H groups in total. The number of hydrogen-bond donors (Lipinski definition) is 2. The summed E-state index contributed by atoms with van der Waals surface area (Å²) in [6.45, 7) is 4.98. The Balaban J connectivity index is 1.12. The summed E-state index contributed by atoms with van der Waals surface area (Å²) in [4.78, 5) is 40.5. The maximum Gasteiger partial charge on any atom is 0.405 e. The van der Waals surface area contributed by atoms with Crippen LogP contribution < -0.4 is 16.3 Å². The number of nitrogens with zero attached hydrogens (tertiary/aromatic N) is 1. The van der Waals surface area contributed by atoms with Crippen LogP contribution in [0.15, 0.2) is 149 Å². The van der Waals surface area contributed by atoms with Crippen molar-refractivity contribution >= 4 is 24.6 Å². The van der Waals surface area contributed by atoms with Crippen LogP contribution in [0.25, 0.3) is 0 Å². The molecule has 58 heavy (non-hydrogen) atoms. The van der Waals surface area contributed by atoms with Crippen molar-refractivity contribution < 1.29 is 27.9 Å². The third-order valence-electron chi connectivity index (χ3n) is 9.61. The van der Waals surface area contributed by atoms with Gasteiger partial charge in [-0.3, -0.25) is 28.2 Å². The van der Waals surface area contributed by atoms with Gasteiger partial charge in [-0.05, 0) is 55.2 Å². The van der Waals surface area contributed by atoms with E-state index in [-0.39, 0.29) is 30.6 Å². The Bertz CT molecular complexity index is 2300. The zero-order valence-corrected chi connectivity index (χ0v) is 34.2. The lowest BCUT2D eigenvalue weighted by molar-refractivity contribution is -0.124. The van der Waals surface area contributed by atoms with E-state index in [4.69, 9.17) is 24.9 Å². The van der Waals surface area contributed by atoms with Crippen molar-refractivity contribution in [2.24, 2.45) is 5.41 Å². The van der Waals surface area contributed by atoms with E-state index >= 15 is 0 Å². The predicted octanol–water partition coefficient (Wildman–Crippen LogP) is 7.53. The number of carbonyl (C=O) groups excluding carboxylic acids is 1. The second-order valence-corrected chi connectivity index (χ2v) is 17.3. The highest BCUT2D eigenvalue weighted by Crippen LogP contribution is 2.47. The zero-order valence-electron chi connectivity index (χ0n) is 32.5. The van der Waals surface area contributed by atoms with E-state index in [1.165, 1.54) is 16.8 Å². The molecule has 0 saturated carbocycles. The van der Waals surface area contributed by atoms with Crippen molar-refractivity contribution in [3.63, 3.8) is 0 Å². The molecular weight excluding hydrogens is 774 g/mol. The first-order chi connectivity index (χ1) is 27.9. The Morgan fingerprint density at radius 3 is 2.02 bits per heavy atom. The first-order valence-electron chi connectivity index (χ1n) is 18.7. The molecule has 11 nitrogen and oxygen atoms in total. The van der Waals surface area contributed by atoms with Crippen molar-refractivity contribution in [2.45, 2.75) is 44.7 Å². The van der Waals surface area contributed by atoms with Crippen LogP contribution in [0.3, 0.4) is 0 Å². The molecule has 0 saturated heterocycles. The summed E-state index contributed by atoms with van der Waals surface area (Å²) in [5.41, 5.74) is -0.709. The molecule has 1 aromatic heterocycles. The number of terminal acetylenes is 1. The lowest BCUT2D eigenvalue weighted by Crippen LogP contribution is -2.38. The van der Waals surface area contributed by atoms with Gasteiger partial charge in [0, 0.05) is 24.1 Å². The highest BCUT2D eigenvalue weighted by atomic mass is 32.2. The van der Waals surface area contributed by atoms with Gasteiger partial charge < -0.3 is 9.47 Å². The van der Waals surface area contributed by atoms with Gasteiger partial charge in [-0.2, -0.15) is 0 Å². The lowest BCUT2D eigenvalue weighted by Gasteiger charge is -2.38. The van der Waals surface area contributed by atoms with Crippen LogP contribution in [0.2, 0.25) is 0 Å². The largest absolute Gasteiger partial charge is 0.405 e. The molecule has 1 aliphatic rings. The third-order valence-corrected chi connectivity index (χ3v) is 12.3. The molecule has 0 spiro atoms. The van der Waals surface area contributed by atoms with E-state index in [0.717, 1.165) is 34.0 Å². The number of benzene rings is 4. The number of aryl methyl sites for hydroxylation is 1. The summed E-state index contributed by atoms with van der Waals surface area (Å²) in [7, 11) is -4.07. The average Bonchev–Trinajstić information content (AvgIpc) is 3.69. The zero-order chi connectivity index (χ0) is 41.2. The molecule has 1 aliphatic heterocycles. The second-order valence-electron chi connectivity index (χ2n) is 14.4. The Morgan fingerprint density at radius 1 is 0.914 bits per heavy atom. The third kappa shape index (κ3) is 9.95. The van der Waals surface area contributed by atoms with Crippen LogP contribution in [0.4, 0.5) is 0 Å². The minimum absolute atomic E-state index is 0.0893. The number of hydrogen-bond acceptors (Lipinski definition) is 9. The first kappa shape index (κ1) is 42.5. The van der Waals surface area contributed by atoms with Crippen molar-refractivity contribution in [3.05, 3.63) is 188 Å². The monoisotopic (exact) mass is 819 g/mol. The number of thioether (sulfide) groups is 1. The Labute approximate surface area is 342 Å². The van der Waals surface area contributed by atoms with Gasteiger partial charge in [0.05, 0.1) is 18.6 Å². The van der Waals surface area contributed by atoms with Gasteiger partial charge in [-0.25, -0.2) is 14.4 Å². The highest BCUT2D eigenvalue weighted by Gasteiger charge is 2.42. The molecule has 0 bridgehead atoms. The highest BCUT2D eigenvalue weighted by molar-refractivity contribution is 8.13. The molecule has 3 atom stereocenters. The smallest absolute Gasteiger partial charge is 0.360 e. The molecular formula is C45H46N3O8PS. The number of nitrogens with one attached hydrogen (secondary N) is 2. The summed E-state index contributed by atoms with van der Waals surface area (Å²) < 4.78 is 40.2. The molecule has 0 fully saturated rings. The fourth-order valence-corrected chi connectivity index (χ4v) is 8.61. The van der Waals surface area contributed by atoms with E-state index in [9.17, 15) is 18.9 Å². The molecule has 2 heterocycles. The molecule has 13 heteroatoms. The van der Waals surface area contributed by atoms with Gasteiger partial charge in [-0.15, -0.1) is 6.42 Å². The van der Waals surface area contributed by atoms with E-state index in [1.54, 1.807) is 13.0 Å². The van der Waals surface area contributed by atoms with Gasteiger partial charge >= 0.3 is 13.4 Å². The maximum atomic E-state index is 14.2. The fourth-order valence-electron chi connectivity index (χ4n) is 6.36. The summed E-state index contributed by atoms with van der Waals surface area (Å²) in [6.07, 6.45) is 9.40. The number of rotatable bonds is 18. The van der Waals surface area contributed by atoms with E-state index in [1.807, 2.05) is 135 Å². The SMILES string of the molecule is C#C[C@@]1(COP(=O)(NCc2ccccc2)OCCSC(=O)C(C)(C)COC(c2ccccc2)(c2ccccc2)c2ccccc2)C=C[C@H](n2cc(C)c(=O)[nH]c2=O)O1. The second kappa shape index (κ2) is 18.7.